The fraction of sp³-hybridized carbons (Fsp3) is 0.407. The van der Waals surface area contributed by atoms with Gasteiger partial charge >= 0.3 is 18.5 Å². The highest BCUT2D eigenvalue weighted by Crippen LogP contribution is 2.37. The maximum atomic E-state index is 14.9. The standard InChI is InChI=1S/C27H24F10N4O3S/c28-18-9-17(23(38)40-42)20(44-13-25(29,30)31)10-21(18)43-12-22-19(11-41-7-5-16(6-8-41)27(35,36)37)39-24(45-22)14-1-3-15(4-2-14)26(32,33)34/h1-4,9-10,16,42H,5-8,11-13H2,(H2,38,40). The molecule has 18 heteroatoms. The number of aromatic nitrogens is 1. The number of hydrogen-bond acceptors (Lipinski definition) is 7. The van der Waals surface area contributed by atoms with Crippen LogP contribution in [0.4, 0.5) is 43.9 Å². The molecule has 4 rings (SSSR count). The van der Waals surface area contributed by atoms with Crippen molar-refractivity contribution in [3.8, 4) is 22.1 Å². The van der Waals surface area contributed by atoms with E-state index in [9.17, 15) is 43.9 Å². The SMILES string of the molecule is N/C(=N\O)c1cc(F)c(OCc2sc(-c3ccc(C(F)(F)F)cc3)nc2CN2CCC(C(F)(F)F)CC2)cc1OCC(F)(F)F. The molecular formula is C27H24F10N4O3S. The minimum Gasteiger partial charge on any atom is -0.485 e. The van der Waals surface area contributed by atoms with Gasteiger partial charge in [0.25, 0.3) is 0 Å². The summed E-state index contributed by atoms with van der Waals surface area (Å²) in [7, 11) is 0. The molecule has 2 aromatic carbocycles. The molecule has 1 aliphatic heterocycles. The number of alkyl halides is 9. The molecule has 0 radical (unpaired) electrons. The lowest BCUT2D eigenvalue weighted by molar-refractivity contribution is -0.185. The van der Waals surface area contributed by atoms with Gasteiger partial charge in [-0.25, -0.2) is 9.37 Å². The quantitative estimate of drug-likeness (QED) is 0.0811. The number of ether oxygens (including phenoxy) is 2. The molecule has 0 spiro atoms. The van der Waals surface area contributed by atoms with Crippen LogP contribution in [0.3, 0.4) is 0 Å². The van der Waals surface area contributed by atoms with Gasteiger partial charge in [0.1, 0.15) is 17.4 Å². The van der Waals surface area contributed by atoms with Crippen LogP contribution in [0.15, 0.2) is 41.6 Å². The van der Waals surface area contributed by atoms with Gasteiger partial charge in [0, 0.05) is 18.2 Å². The fourth-order valence-electron chi connectivity index (χ4n) is 4.50. The summed E-state index contributed by atoms with van der Waals surface area (Å²) in [6, 6.07) is 5.52. The molecule has 2 heterocycles. The van der Waals surface area contributed by atoms with Crippen LogP contribution in [-0.4, -0.2) is 53.0 Å². The normalized spacial score (nSPS) is 15.8. The second-order valence-electron chi connectivity index (χ2n) is 10.0. The van der Waals surface area contributed by atoms with Crippen LogP contribution < -0.4 is 15.2 Å². The molecule has 7 nitrogen and oxygen atoms in total. The summed E-state index contributed by atoms with van der Waals surface area (Å²) in [6.07, 6.45) is -14.0. The predicted molar refractivity (Wildman–Crippen MR) is 141 cm³/mol. The Morgan fingerprint density at radius 1 is 0.978 bits per heavy atom. The number of nitrogens with two attached hydrogens (primary N) is 1. The molecule has 45 heavy (non-hydrogen) atoms. The smallest absolute Gasteiger partial charge is 0.422 e. The van der Waals surface area contributed by atoms with Gasteiger partial charge in [0.15, 0.2) is 24.0 Å². The summed E-state index contributed by atoms with van der Waals surface area (Å²) in [6.45, 7) is -2.00. The first-order valence-electron chi connectivity index (χ1n) is 13.0. The highest BCUT2D eigenvalue weighted by atomic mass is 32.1. The van der Waals surface area contributed by atoms with Crippen LogP contribution in [0.5, 0.6) is 11.5 Å². The number of thiazole rings is 1. The monoisotopic (exact) mass is 674 g/mol. The lowest BCUT2D eigenvalue weighted by atomic mass is 9.96. The molecule has 3 aromatic rings. The van der Waals surface area contributed by atoms with Crippen LogP contribution in [0, 0.1) is 11.7 Å². The first-order chi connectivity index (χ1) is 20.9. The lowest BCUT2D eigenvalue weighted by Gasteiger charge is -2.32. The van der Waals surface area contributed by atoms with E-state index in [1.807, 2.05) is 0 Å². The van der Waals surface area contributed by atoms with Crippen molar-refractivity contribution in [2.75, 3.05) is 19.7 Å². The highest BCUT2D eigenvalue weighted by molar-refractivity contribution is 7.15. The summed E-state index contributed by atoms with van der Waals surface area (Å²) in [5, 5.41) is 11.8. The molecule has 0 saturated carbocycles. The zero-order valence-corrected chi connectivity index (χ0v) is 23.7. The van der Waals surface area contributed by atoms with Crippen molar-refractivity contribution >= 4 is 17.2 Å². The molecule has 1 fully saturated rings. The third-order valence-corrected chi connectivity index (χ3v) is 7.95. The number of nitrogens with zero attached hydrogens (tertiary/aromatic N) is 3. The largest absolute Gasteiger partial charge is 0.485 e. The van der Waals surface area contributed by atoms with Crippen molar-refractivity contribution in [3.63, 3.8) is 0 Å². The number of rotatable bonds is 9. The maximum Gasteiger partial charge on any atom is 0.422 e. The Bertz CT molecular complexity index is 1500. The molecule has 0 unspecified atom stereocenters. The zero-order chi connectivity index (χ0) is 33.2. The van der Waals surface area contributed by atoms with E-state index in [-0.39, 0.29) is 37.5 Å². The van der Waals surface area contributed by atoms with Crippen molar-refractivity contribution in [2.45, 2.75) is 44.5 Å². The van der Waals surface area contributed by atoms with Crippen molar-refractivity contribution in [3.05, 3.63) is 63.9 Å². The van der Waals surface area contributed by atoms with Crippen LogP contribution in [0.2, 0.25) is 0 Å². The van der Waals surface area contributed by atoms with E-state index in [2.05, 4.69) is 10.1 Å². The van der Waals surface area contributed by atoms with Gasteiger partial charge < -0.3 is 20.4 Å². The predicted octanol–water partition coefficient (Wildman–Crippen LogP) is 7.36. The molecule has 1 aromatic heterocycles. The average molecular weight is 675 g/mol. The van der Waals surface area contributed by atoms with E-state index >= 15 is 0 Å². The molecule has 0 bridgehead atoms. The number of hydrogen-bond donors (Lipinski definition) is 2. The maximum absolute atomic E-state index is 14.9. The van der Waals surface area contributed by atoms with E-state index in [0.29, 0.717) is 22.2 Å². The third-order valence-electron chi connectivity index (χ3n) is 6.83. The van der Waals surface area contributed by atoms with Crippen LogP contribution >= 0.6 is 11.3 Å². The Kier molecular flexibility index (Phi) is 10.1. The van der Waals surface area contributed by atoms with Gasteiger partial charge in [-0.15, -0.1) is 11.3 Å². The number of piperidine rings is 1. The highest BCUT2D eigenvalue weighted by Gasteiger charge is 2.41. The minimum atomic E-state index is -4.78. The average Bonchev–Trinajstić information content (AvgIpc) is 3.36. The van der Waals surface area contributed by atoms with Crippen LogP contribution in [-0.2, 0) is 19.3 Å². The van der Waals surface area contributed by atoms with Gasteiger partial charge in [-0.3, -0.25) is 4.90 Å². The molecule has 0 aliphatic carbocycles. The van der Waals surface area contributed by atoms with Crippen molar-refractivity contribution in [2.24, 2.45) is 16.8 Å². The Morgan fingerprint density at radius 2 is 1.62 bits per heavy atom. The van der Waals surface area contributed by atoms with Gasteiger partial charge in [-0.05, 0) is 44.1 Å². The number of likely N-dealkylation sites (tertiary alicyclic amines) is 1. The Hall–Kier alpha value is -3.80. The number of oxime groups is 1. The zero-order valence-electron chi connectivity index (χ0n) is 22.9. The van der Waals surface area contributed by atoms with Gasteiger partial charge in [-0.2, -0.15) is 39.5 Å². The summed E-state index contributed by atoms with van der Waals surface area (Å²) >= 11 is 0.975. The minimum absolute atomic E-state index is 0.0469. The summed E-state index contributed by atoms with van der Waals surface area (Å²) in [4.78, 5) is 6.53. The first-order valence-corrected chi connectivity index (χ1v) is 13.9. The molecule has 3 N–H and O–H groups in total. The second kappa shape index (κ2) is 13.3. The number of halogens is 10. The van der Waals surface area contributed by atoms with E-state index < -0.39 is 71.9 Å². The molecule has 1 aliphatic rings. The third kappa shape index (κ3) is 8.90. The topological polar surface area (TPSA) is 93.2 Å². The van der Waals surface area contributed by atoms with Crippen molar-refractivity contribution < 1.29 is 58.6 Å². The fourth-order valence-corrected chi connectivity index (χ4v) is 5.49. The van der Waals surface area contributed by atoms with E-state index in [0.717, 1.165) is 29.5 Å². The number of benzene rings is 2. The molecule has 0 atom stereocenters. The lowest BCUT2D eigenvalue weighted by Crippen LogP contribution is -2.38. The van der Waals surface area contributed by atoms with Crippen molar-refractivity contribution in [1.29, 1.82) is 0 Å². The summed E-state index contributed by atoms with van der Waals surface area (Å²) in [5.41, 5.74) is 4.67. The summed E-state index contributed by atoms with van der Waals surface area (Å²) < 4.78 is 142. The Labute approximate surface area is 252 Å². The van der Waals surface area contributed by atoms with E-state index in [1.54, 1.807) is 4.90 Å². The second-order valence-corrected chi connectivity index (χ2v) is 11.1. The van der Waals surface area contributed by atoms with Crippen LogP contribution in [0.1, 0.15) is 34.5 Å². The van der Waals surface area contributed by atoms with Gasteiger partial charge in [0.05, 0.1) is 27.6 Å². The van der Waals surface area contributed by atoms with E-state index in [4.69, 9.17) is 20.4 Å². The first kappa shape index (κ1) is 34.1. The Morgan fingerprint density at radius 3 is 2.18 bits per heavy atom. The molecular weight excluding hydrogens is 650 g/mol. The molecule has 1 saturated heterocycles. The van der Waals surface area contributed by atoms with Crippen molar-refractivity contribution in [1.82, 2.24) is 9.88 Å². The van der Waals surface area contributed by atoms with Gasteiger partial charge in [-0.1, -0.05) is 17.3 Å². The van der Waals surface area contributed by atoms with E-state index in [1.165, 1.54) is 12.1 Å². The Balaban J connectivity index is 1.61. The van der Waals surface area contributed by atoms with Crippen LogP contribution in [0.25, 0.3) is 10.6 Å². The molecule has 0 amide bonds. The summed E-state index contributed by atoms with van der Waals surface area (Å²) in [5.74, 6) is -4.50. The van der Waals surface area contributed by atoms with Gasteiger partial charge in [0.2, 0.25) is 0 Å². The molecule has 246 valence electrons. The number of amidine groups is 1.